The second-order valence-electron chi connectivity index (χ2n) is 5.83. The molecule has 1 heterocycles. The molecule has 3 rings (SSSR count). The van der Waals surface area contributed by atoms with E-state index < -0.39 is 0 Å². The third-order valence-electron chi connectivity index (χ3n) is 5.01. The molecular weight excluding hydrogens is 172 g/mol. The van der Waals surface area contributed by atoms with Gasteiger partial charge in [0.1, 0.15) is 0 Å². The molecule has 2 aliphatic carbocycles. The second-order valence-corrected chi connectivity index (χ2v) is 5.83. The Kier molecular flexibility index (Phi) is 2.31. The van der Waals surface area contributed by atoms with Crippen LogP contribution in [0.2, 0.25) is 0 Å². The van der Waals surface area contributed by atoms with E-state index in [2.05, 4.69) is 0 Å². The highest BCUT2D eigenvalue weighted by Gasteiger charge is 2.45. The lowest BCUT2D eigenvalue weighted by atomic mass is 9.78. The summed E-state index contributed by atoms with van der Waals surface area (Å²) in [6.07, 6.45) is 11.9. The minimum absolute atomic E-state index is 0.734. The molecule has 0 aromatic rings. The summed E-state index contributed by atoms with van der Waals surface area (Å²) in [5.41, 5.74) is 0.734. The summed E-state index contributed by atoms with van der Waals surface area (Å²) in [6.45, 7) is 2.08. The first-order valence-corrected chi connectivity index (χ1v) is 6.46. The first-order chi connectivity index (χ1) is 6.88. The van der Waals surface area contributed by atoms with Gasteiger partial charge in [-0.3, -0.25) is 0 Å². The van der Waals surface area contributed by atoms with Gasteiger partial charge in [0.05, 0.1) is 0 Å². The Hall–Kier alpha value is -0.0400. The molecule has 0 amide bonds. The largest absolute Gasteiger partial charge is 0.381 e. The Labute approximate surface area is 87.2 Å². The number of hydrogen-bond acceptors (Lipinski definition) is 1. The Bertz CT molecular complexity index is 189. The number of ether oxygens (including phenoxy) is 1. The third-order valence-corrected chi connectivity index (χ3v) is 5.01. The third kappa shape index (κ3) is 1.50. The van der Waals surface area contributed by atoms with Crippen LogP contribution in [0.3, 0.4) is 0 Å². The smallest absolute Gasteiger partial charge is 0.0471 e. The SMILES string of the molecule is C1CCC2CC3(CCOCC3)CC2C1. The summed E-state index contributed by atoms with van der Waals surface area (Å²) in [5.74, 6) is 2.20. The van der Waals surface area contributed by atoms with Crippen molar-refractivity contribution in [1.29, 1.82) is 0 Å². The minimum atomic E-state index is 0.734. The van der Waals surface area contributed by atoms with E-state index in [1.807, 2.05) is 0 Å². The average molecular weight is 194 g/mol. The van der Waals surface area contributed by atoms with Gasteiger partial charge in [0.2, 0.25) is 0 Å². The topological polar surface area (TPSA) is 9.23 Å². The molecule has 3 aliphatic rings. The monoisotopic (exact) mass is 194 g/mol. The zero-order valence-electron chi connectivity index (χ0n) is 9.13. The molecule has 80 valence electrons. The average Bonchev–Trinajstić information content (AvgIpc) is 2.56. The van der Waals surface area contributed by atoms with Crippen molar-refractivity contribution in [1.82, 2.24) is 0 Å². The van der Waals surface area contributed by atoms with E-state index in [9.17, 15) is 0 Å². The van der Waals surface area contributed by atoms with Crippen molar-refractivity contribution in [3.8, 4) is 0 Å². The summed E-state index contributed by atoms with van der Waals surface area (Å²) in [4.78, 5) is 0. The van der Waals surface area contributed by atoms with Gasteiger partial charge in [0.25, 0.3) is 0 Å². The van der Waals surface area contributed by atoms with E-state index in [-0.39, 0.29) is 0 Å². The van der Waals surface area contributed by atoms with Crippen LogP contribution >= 0.6 is 0 Å². The molecule has 1 nitrogen and oxygen atoms in total. The summed E-state index contributed by atoms with van der Waals surface area (Å²) in [7, 11) is 0. The predicted molar refractivity (Wildman–Crippen MR) is 57.2 cm³/mol. The van der Waals surface area contributed by atoms with Crippen molar-refractivity contribution in [2.45, 2.75) is 51.4 Å². The van der Waals surface area contributed by atoms with Gasteiger partial charge in [-0.1, -0.05) is 25.7 Å². The lowest BCUT2D eigenvalue weighted by Gasteiger charge is -2.33. The van der Waals surface area contributed by atoms with E-state index in [0.29, 0.717) is 0 Å². The fraction of sp³-hybridized carbons (Fsp3) is 1.00. The Morgan fingerprint density at radius 1 is 0.857 bits per heavy atom. The molecule has 0 aromatic heterocycles. The molecule has 1 saturated heterocycles. The van der Waals surface area contributed by atoms with Gasteiger partial charge in [-0.05, 0) is 42.9 Å². The molecule has 3 fully saturated rings. The molecule has 2 unspecified atom stereocenters. The molecule has 1 heteroatoms. The quantitative estimate of drug-likeness (QED) is 0.574. The Morgan fingerprint density at radius 3 is 2.00 bits per heavy atom. The normalized spacial score (nSPS) is 41.1. The number of rotatable bonds is 0. The summed E-state index contributed by atoms with van der Waals surface area (Å²) >= 11 is 0. The van der Waals surface area contributed by atoms with Crippen LogP contribution in [0.25, 0.3) is 0 Å². The zero-order valence-corrected chi connectivity index (χ0v) is 9.13. The van der Waals surface area contributed by atoms with Crippen molar-refractivity contribution in [3.63, 3.8) is 0 Å². The molecule has 2 atom stereocenters. The molecule has 1 aliphatic heterocycles. The van der Waals surface area contributed by atoms with E-state index in [0.717, 1.165) is 30.5 Å². The first-order valence-electron chi connectivity index (χ1n) is 6.46. The van der Waals surface area contributed by atoms with Crippen LogP contribution in [0.4, 0.5) is 0 Å². The van der Waals surface area contributed by atoms with Crippen molar-refractivity contribution in [3.05, 3.63) is 0 Å². The Balaban J connectivity index is 1.71. The lowest BCUT2D eigenvalue weighted by Crippen LogP contribution is -2.27. The number of fused-ring (bicyclic) bond motifs is 1. The molecule has 0 aromatic carbocycles. The van der Waals surface area contributed by atoms with Crippen molar-refractivity contribution in [2.24, 2.45) is 17.3 Å². The molecule has 2 saturated carbocycles. The van der Waals surface area contributed by atoms with Crippen LogP contribution in [-0.4, -0.2) is 13.2 Å². The molecule has 0 radical (unpaired) electrons. The van der Waals surface area contributed by atoms with Crippen molar-refractivity contribution < 1.29 is 4.74 Å². The van der Waals surface area contributed by atoms with E-state index in [4.69, 9.17) is 4.74 Å². The predicted octanol–water partition coefficient (Wildman–Crippen LogP) is 3.38. The van der Waals surface area contributed by atoms with Gasteiger partial charge < -0.3 is 4.74 Å². The summed E-state index contributed by atoms with van der Waals surface area (Å²) in [6, 6.07) is 0. The fourth-order valence-corrected chi connectivity index (χ4v) is 4.23. The first kappa shape index (κ1) is 9.21. The Morgan fingerprint density at radius 2 is 1.43 bits per heavy atom. The maximum Gasteiger partial charge on any atom is 0.0471 e. The summed E-state index contributed by atoms with van der Waals surface area (Å²) < 4.78 is 5.51. The lowest BCUT2D eigenvalue weighted by molar-refractivity contribution is 0.0150. The standard InChI is InChI=1S/C13H22O/c1-2-4-12-10-13(9-11(12)3-1)5-7-14-8-6-13/h11-12H,1-10H2. The van der Waals surface area contributed by atoms with Crippen LogP contribution in [0.5, 0.6) is 0 Å². The molecule has 0 N–H and O–H groups in total. The van der Waals surface area contributed by atoms with Crippen molar-refractivity contribution >= 4 is 0 Å². The van der Waals surface area contributed by atoms with Gasteiger partial charge in [0.15, 0.2) is 0 Å². The van der Waals surface area contributed by atoms with Crippen LogP contribution in [0.1, 0.15) is 51.4 Å². The molecular formula is C13H22O. The summed E-state index contributed by atoms with van der Waals surface area (Å²) in [5, 5.41) is 0. The van der Waals surface area contributed by atoms with Crippen LogP contribution in [-0.2, 0) is 4.74 Å². The van der Waals surface area contributed by atoms with Crippen LogP contribution < -0.4 is 0 Å². The van der Waals surface area contributed by atoms with E-state index >= 15 is 0 Å². The van der Waals surface area contributed by atoms with Gasteiger partial charge in [0, 0.05) is 13.2 Å². The highest BCUT2D eigenvalue weighted by molar-refractivity contribution is 4.96. The van der Waals surface area contributed by atoms with E-state index in [1.165, 1.54) is 38.5 Å². The van der Waals surface area contributed by atoms with Gasteiger partial charge in [-0.25, -0.2) is 0 Å². The van der Waals surface area contributed by atoms with Gasteiger partial charge in [-0.15, -0.1) is 0 Å². The highest BCUT2D eigenvalue weighted by atomic mass is 16.5. The maximum absolute atomic E-state index is 5.51. The highest BCUT2D eigenvalue weighted by Crippen LogP contribution is 2.55. The van der Waals surface area contributed by atoms with E-state index in [1.54, 1.807) is 12.8 Å². The molecule has 1 spiro atoms. The van der Waals surface area contributed by atoms with Gasteiger partial charge >= 0.3 is 0 Å². The maximum atomic E-state index is 5.51. The molecule has 0 bridgehead atoms. The molecule has 14 heavy (non-hydrogen) atoms. The van der Waals surface area contributed by atoms with Gasteiger partial charge in [-0.2, -0.15) is 0 Å². The minimum Gasteiger partial charge on any atom is -0.381 e. The van der Waals surface area contributed by atoms with Crippen LogP contribution in [0.15, 0.2) is 0 Å². The van der Waals surface area contributed by atoms with Crippen LogP contribution in [0, 0.1) is 17.3 Å². The fourth-order valence-electron chi connectivity index (χ4n) is 4.23. The second kappa shape index (κ2) is 3.52. The zero-order chi connectivity index (χ0) is 9.43. The van der Waals surface area contributed by atoms with Crippen molar-refractivity contribution in [2.75, 3.05) is 13.2 Å². The number of hydrogen-bond donors (Lipinski definition) is 0.